The highest BCUT2D eigenvalue weighted by Crippen LogP contribution is 2.22. The molecule has 2 heterocycles. The topological polar surface area (TPSA) is 99.3 Å². The normalized spacial score (nSPS) is 18.3. The van der Waals surface area contributed by atoms with E-state index < -0.39 is 15.8 Å². The maximum Gasteiger partial charge on any atom is 0.317 e. The second-order valence-corrected chi connectivity index (χ2v) is 9.34. The average molecular weight is 443 g/mol. The van der Waals surface area contributed by atoms with E-state index in [9.17, 15) is 22.4 Å². The number of benzene rings is 1. The van der Waals surface area contributed by atoms with E-state index in [0.29, 0.717) is 63.7 Å². The molecule has 2 aliphatic heterocycles. The van der Waals surface area contributed by atoms with E-state index in [2.05, 4.69) is 5.32 Å². The predicted molar refractivity (Wildman–Crippen MR) is 110 cm³/mol. The van der Waals surface area contributed by atoms with Crippen molar-refractivity contribution >= 4 is 27.5 Å². The van der Waals surface area contributed by atoms with Crippen LogP contribution in [0.5, 0.6) is 0 Å². The highest BCUT2D eigenvalue weighted by Gasteiger charge is 2.26. The monoisotopic (exact) mass is 442 g/mol. The van der Waals surface area contributed by atoms with Crippen molar-refractivity contribution < 1.29 is 27.1 Å². The van der Waals surface area contributed by atoms with Crippen molar-refractivity contribution in [2.75, 3.05) is 69.7 Å². The molecular formula is C19H27FN4O5S. The summed E-state index contributed by atoms with van der Waals surface area (Å²) in [7, 11) is -3.42. The number of sulfonamides is 1. The number of morpholine rings is 1. The van der Waals surface area contributed by atoms with Gasteiger partial charge in [0, 0.05) is 51.4 Å². The minimum absolute atomic E-state index is 0.0277. The van der Waals surface area contributed by atoms with Gasteiger partial charge in [-0.15, -0.1) is 0 Å². The van der Waals surface area contributed by atoms with Gasteiger partial charge in [0.05, 0.1) is 24.7 Å². The van der Waals surface area contributed by atoms with Crippen molar-refractivity contribution in [3.05, 3.63) is 29.6 Å². The Balaban J connectivity index is 1.45. The number of ketones is 1. The Hall–Kier alpha value is -2.24. The third kappa shape index (κ3) is 5.46. The van der Waals surface area contributed by atoms with E-state index in [1.807, 2.05) is 4.90 Å². The number of nitrogens with one attached hydrogen (secondary N) is 1. The molecule has 1 aromatic rings. The number of amides is 2. The smallest absolute Gasteiger partial charge is 0.317 e. The number of urea groups is 1. The molecule has 30 heavy (non-hydrogen) atoms. The lowest BCUT2D eigenvalue weighted by molar-refractivity contribution is 0.0730. The Morgan fingerprint density at radius 3 is 2.37 bits per heavy atom. The third-order valence-corrected chi connectivity index (χ3v) is 7.13. The average Bonchev–Trinajstić information content (AvgIpc) is 2.74. The van der Waals surface area contributed by atoms with Gasteiger partial charge in [-0.3, -0.25) is 4.79 Å². The van der Waals surface area contributed by atoms with Crippen LogP contribution in [0.25, 0.3) is 0 Å². The molecule has 166 valence electrons. The highest BCUT2D eigenvalue weighted by molar-refractivity contribution is 7.89. The Labute approximate surface area is 175 Å². The summed E-state index contributed by atoms with van der Waals surface area (Å²) in [6, 6.07) is 4.07. The number of hydrogen-bond donors (Lipinski definition) is 1. The van der Waals surface area contributed by atoms with E-state index in [-0.39, 0.29) is 24.1 Å². The lowest BCUT2D eigenvalue weighted by Gasteiger charge is -2.36. The molecule has 0 aliphatic carbocycles. The van der Waals surface area contributed by atoms with Crippen LogP contribution in [0.15, 0.2) is 18.2 Å². The van der Waals surface area contributed by atoms with Gasteiger partial charge in [0.2, 0.25) is 10.0 Å². The zero-order chi connectivity index (χ0) is 21.7. The second kappa shape index (κ2) is 9.71. The fraction of sp³-hybridized carbons (Fsp3) is 0.579. The number of halogens is 1. The van der Waals surface area contributed by atoms with Crippen molar-refractivity contribution in [1.29, 1.82) is 0 Å². The molecule has 3 rings (SSSR count). The number of ether oxygens (including phenoxy) is 1. The largest absolute Gasteiger partial charge is 0.379 e. The maximum absolute atomic E-state index is 14.3. The van der Waals surface area contributed by atoms with Crippen LogP contribution in [0.3, 0.4) is 0 Å². The first-order valence-corrected chi connectivity index (χ1v) is 11.5. The quantitative estimate of drug-likeness (QED) is 0.645. The first-order chi connectivity index (χ1) is 14.3. The van der Waals surface area contributed by atoms with Crippen LogP contribution in [0.4, 0.5) is 14.9 Å². The van der Waals surface area contributed by atoms with Crippen LogP contribution >= 0.6 is 0 Å². The Bertz CT molecular complexity index is 881. The summed E-state index contributed by atoms with van der Waals surface area (Å²) in [6.07, 6.45) is 0. The fourth-order valence-electron chi connectivity index (χ4n) is 3.49. The van der Waals surface area contributed by atoms with E-state index in [0.717, 1.165) is 0 Å². The molecule has 2 aliphatic rings. The summed E-state index contributed by atoms with van der Waals surface area (Å²) in [5.41, 5.74) is 0.720. The molecule has 0 spiro atoms. The fourth-order valence-corrected chi connectivity index (χ4v) is 4.81. The van der Waals surface area contributed by atoms with Gasteiger partial charge in [0.25, 0.3) is 0 Å². The van der Waals surface area contributed by atoms with E-state index in [1.165, 1.54) is 17.3 Å². The van der Waals surface area contributed by atoms with Gasteiger partial charge in [-0.2, -0.15) is 4.31 Å². The Morgan fingerprint density at radius 1 is 1.10 bits per heavy atom. The zero-order valence-corrected chi connectivity index (χ0v) is 17.8. The third-order valence-electron chi connectivity index (χ3n) is 5.26. The van der Waals surface area contributed by atoms with Crippen molar-refractivity contribution in [2.45, 2.75) is 6.92 Å². The summed E-state index contributed by atoms with van der Waals surface area (Å²) in [4.78, 5) is 27.1. The highest BCUT2D eigenvalue weighted by atomic mass is 32.2. The predicted octanol–water partition coefficient (Wildman–Crippen LogP) is 0.522. The van der Waals surface area contributed by atoms with Gasteiger partial charge in [0.1, 0.15) is 5.82 Å². The van der Waals surface area contributed by atoms with Gasteiger partial charge in [-0.1, -0.05) is 0 Å². The molecule has 0 unspecified atom stereocenters. The molecule has 0 atom stereocenters. The molecule has 2 fully saturated rings. The SMILES string of the molecule is CC(=O)c1ccc(N2CCN(C(=O)NCCS(=O)(=O)N3CCOCC3)CC2)c(F)c1. The summed E-state index contributed by atoms with van der Waals surface area (Å²) in [5.74, 6) is -0.821. The van der Waals surface area contributed by atoms with Gasteiger partial charge >= 0.3 is 6.03 Å². The number of carbonyl (C=O) groups excluding carboxylic acids is 2. The van der Waals surface area contributed by atoms with Crippen LogP contribution in [0.1, 0.15) is 17.3 Å². The standard InChI is InChI=1S/C19H27FN4O5S/c1-15(25)16-2-3-18(17(20)14-16)22-5-7-23(8-6-22)19(26)21-4-13-30(27,28)24-9-11-29-12-10-24/h2-3,14H,4-13H2,1H3,(H,21,26). The van der Waals surface area contributed by atoms with Crippen molar-refractivity contribution in [3.8, 4) is 0 Å². The van der Waals surface area contributed by atoms with Crippen molar-refractivity contribution in [3.63, 3.8) is 0 Å². The Morgan fingerprint density at radius 2 is 1.77 bits per heavy atom. The molecule has 1 aromatic carbocycles. The van der Waals surface area contributed by atoms with Gasteiger partial charge < -0.3 is 19.9 Å². The van der Waals surface area contributed by atoms with Crippen LogP contribution in [0, 0.1) is 5.82 Å². The number of Topliss-reactive ketones (excluding diaryl/α,β-unsaturated/α-hetero) is 1. The first-order valence-electron chi connectivity index (χ1n) is 9.92. The Kier molecular flexibility index (Phi) is 7.27. The summed E-state index contributed by atoms with van der Waals surface area (Å²) in [6.45, 7) is 4.50. The molecule has 0 radical (unpaired) electrons. The van der Waals surface area contributed by atoms with Crippen LogP contribution in [-0.4, -0.2) is 94.2 Å². The van der Waals surface area contributed by atoms with Crippen molar-refractivity contribution in [2.24, 2.45) is 0 Å². The van der Waals surface area contributed by atoms with Gasteiger partial charge in [0.15, 0.2) is 5.78 Å². The summed E-state index contributed by atoms with van der Waals surface area (Å²) < 4.78 is 45.4. The van der Waals surface area contributed by atoms with Crippen LogP contribution in [0.2, 0.25) is 0 Å². The van der Waals surface area contributed by atoms with Gasteiger partial charge in [-0.25, -0.2) is 17.6 Å². The molecule has 11 heteroatoms. The molecule has 2 saturated heterocycles. The number of piperazine rings is 1. The number of anilines is 1. The first kappa shape index (κ1) is 22.4. The molecule has 0 bridgehead atoms. The number of rotatable bonds is 6. The molecule has 1 N–H and O–H groups in total. The molecule has 9 nitrogen and oxygen atoms in total. The zero-order valence-electron chi connectivity index (χ0n) is 17.0. The van der Waals surface area contributed by atoms with Crippen LogP contribution < -0.4 is 10.2 Å². The van der Waals surface area contributed by atoms with Gasteiger partial charge in [-0.05, 0) is 25.1 Å². The van der Waals surface area contributed by atoms with E-state index in [4.69, 9.17) is 4.74 Å². The molecule has 0 aromatic heterocycles. The molecule has 2 amide bonds. The van der Waals surface area contributed by atoms with Crippen molar-refractivity contribution in [1.82, 2.24) is 14.5 Å². The lowest BCUT2D eigenvalue weighted by Crippen LogP contribution is -2.53. The number of nitrogens with zero attached hydrogens (tertiary/aromatic N) is 3. The molecular weight excluding hydrogens is 415 g/mol. The second-order valence-electron chi connectivity index (χ2n) is 7.26. The minimum Gasteiger partial charge on any atom is -0.379 e. The maximum atomic E-state index is 14.3. The van der Waals surface area contributed by atoms with E-state index >= 15 is 0 Å². The number of carbonyl (C=O) groups is 2. The summed E-state index contributed by atoms with van der Waals surface area (Å²) in [5, 5.41) is 2.65. The lowest BCUT2D eigenvalue weighted by atomic mass is 10.1. The summed E-state index contributed by atoms with van der Waals surface area (Å²) >= 11 is 0. The number of hydrogen-bond acceptors (Lipinski definition) is 6. The molecule has 0 saturated carbocycles. The van der Waals surface area contributed by atoms with E-state index in [1.54, 1.807) is 17.0 Å². The van der Waals surface area contributed by atoms with Crippen LogP contribution in [-0.2, 0) is 14.8 Å². The minimum atomic E-state index is -3.42.